The highest BCUT2D eigenvalue weighted by molar-refractivity contribution is 7.89. The highest BCUT2D eigenvalue weighted by atomic mass is 32.2. The molecule has 7 nitrogen and oxygen atoms in total. The smallest absolute Gasteiger partial charge is 0.246 e. The van der Waals surface area contributed by atoms with E-state index in [2.05, 4.69) is 15.6 Å². The Hall–Kier alpha value is -2.49. The summed E-state index contributed by atoms with van der Waals surface area (Å²) in [4.78, 5) is 17.3. The molecule has 0 spiro atoms. The third-order valence-electron chi connectivity index (χ3n) is 5.10. The van der Waals surface area contributed by atoms with Crippen LogP contribution in [0.4, 0.5) is 11.4 Å². The number of benzene rings is 2. The van der Waals surface area contributed by atoms with Gasteiger partial charge in [-0.2, -0.15) is 4.31 Å². The van der Waals surface area contributed by atoms with Crippen LogP contribution in [0.15, 0.2) is 47.4 Å². The van der Waals surface area contributed by atoms with Crippen LogP contribution in [0.5, 0.6) is 0 Å². The van der Waals surface area contributed by atoms with Gasteiger partial charge in [0, 0.05) is 24.5 Å². The monoisotopic (exact) mass is 444 g/mol. The number of sulfonamides is 1. The van der Waals surface area contributed by atoms with Crippen molar-refractivity contribution in [3.05, 3.63) is 47.5 Å². The third-order valence-corrected chi connectivity index (χ3v) is 7.94. The molecule has 1 amide bonds. The van der Waals surface area contributed by atoms with E-state index in [-0.39, 0.29) is 10.8 Å². The first-order valence-corrected chi connectivity index (χ1v) is 12.1. The number of fused-ring (bicyclic) bond motifs is 1. The highest BCUT2D eigenvalue weighted by Crippen LogP contribution is 2.25. The number of thiazole rings is 1. The van der Waals surface area contributed by atoms with Crippen molar-refractivity contribution in [3.63, 3.8) is 0 Å². The van der Waals surface area contributed by atoms with E-state index in [9.17, 15) is 13.2 Å². The molecule has 0 bridgehead atoms. The van der Waals surface area contributed by atoms with Gasteiger partial charge in [-0.15, -0.1) is 11.3 Å². The molecule has 4 rings (SSSR count). The number of aryl methyl sites for hydroxylation is 1. The maximum atomic E-state index is 12.6. The fourth-order valence-corrected chi connectivity index (χ4v) is 5.87. The lowest BCUT2D eigenvalue weighted by Crippen LogP contribution is -2.32. The van der Waals surface area contributed by atoms with E-state index in [1.165, 1.54) is 4.31 Å². The molecule has 30 heavy (non-hydrogen) atoms. The normalized spacial score (nSPS) is 15.9. The van der Waals surface area contributed by atoms with Crippen molar-refractivity contribution in [2.24, 2.45) is 0 Å². The predicted molar refractivity (Wildman–Crippen MR) is 121 cm³/mol. The van der Waals surface area contributed by atoms with Gasteiger partial charge in [0.05, 0.1) is 20.1 Å². The maximum absolute atomic E-state index is 12.6. The Morgan fingerprint density at radius 1 is 1.10 bits per heavy atom. The van der Waals surface area contributed by atoms with E-state index in [1.807, 2.05) is 25.1 Å². The second-order valence-electron chi connectivity index (χ2n) is 7.41. The van der Waals surface area contributed by atoms with Gasteiger partial charge in [0.15, 0.2) is 0 Å². The molecule has 1 aliphatic heterocycles. The van der Waals surface area contributed by atoms with Crippen LogP contribution in [0.1, 0.15) is 24.8 Å². The summed E-state index contributed by atoms with van der Waals surface area (Å²) in [6, 6.07) is 11.7. The Bertz CT molecular complexity index is 1170. The summed E-state index contributed by atoms with van der Waals surface area (Å²) in [5.41, 5.74) is 2.35. The van der Waals surface area contributed by atoms with Crippen molar-refractivity contribution in [1.82, 2.24) is 9.29 Å². The van der Waals surface area contributed by atoms with Gasteiger partial charge in [-0.25, -0.2) is 13.4 Å². The van der Waals surface area contributed by atoms with Crippen molar-refractivity contribution in [1.29, 1.82) is 0 Å². The highest BCUT2D eigenvalue weighted by Gasteiger charge is 2.27. The van der Waals surface area contributed by atoms with Gasteiger partial charge in [0.25, 0.3) is 0 Å². The number of amides is 1. The van der Waals surface area contributed by atoms with Crippen LogP contribution in [-0.4, -0.2) is 42.7 Å². The summed E-state index contributed by atoms with van der Waals surface area (Å²) < 4.78 is 27.8. The standard InChI is InChI=1S/C21H24N4O3S2/c1-14(22-17-7-10-19-20(13-17)29-15(2)23-19)21(26)24-16-5-8-18(9-6-16)30(27,28)25-11-3-4-12-25/h5-10,13-14,22H,3-4,11-12H2,1-2H3,(H,24,26)/t14-/m0/s1. The molecular weight excluding hydrogens is 420 g/mol. The van der Waals surface area contributed by atoms with Crippen molar-refractivity contribution < 1.29 is 13.2 Å². The van der Waals surface area contributed by atoms with Crippen LogP contribution in [0.2, 0.25) is 0 Å². The topological polar surface area (TPSA) is 91.4 Å². The minimum absolute atomic E-state index is 0.203. The number of nitrogens with one attached hydrogen (secondary N) is 2. The molecule has 0 unspecified atom stereocenters. The van der Waals surface area contributed by atoms with Gasteiger partial charge in [0.1, 0.15) is 6.04 Å². The number of carbonyl (C=O) groups is 1. The zero-order valence-electron chi connectivity index (χ0n) is 16.9. The maximum Gasteiger partial charge on any atom is 0.246 e. The van der Waals surface area contributed by atoms with Gasteiger partial charge in [-0.3, -0.25) is 4.79 Å². The van der Waals surface area contributed by atoms with E-state index in [4.69, 9.17) is 0 Å². The molecule has 1 atom stereocenters. The van der Waals surface area contributed by atoms with Crippen molar-refractivity contribution >= 4 is 48.9 Å². The van der Waals surface area contributed by atoms with Crippen LogP contribution in [0.25, 0.3) is 10.2 Å². The summed E-state index contributed by atoms with van der Waals surface area (Å²) in [5.74, 6) is -0.203. The van der Waals surface area contributed by atoms with Gasteiger partial charge >= 0.3 is 0 Å². The Kier molecular flexibility index (Phi) is 5.77. The number of carbonyl (C=O) groups excluding carboxylic acids is 1. The number of hydrogen-bond acceptors (Lipinski definition) is 6. The Morgan fingerprint density at radius 3 is 2.47 bits per heavy atom. The third kappa shape index (κ3) is 4.33. The van der Waals surface area contributed by atoms with E-state index < -0.39 is 16.1 Å². The summed E-state index contributed by atoms with van der Waals surface area (Å²) in [5, 5.41) is 7.04. The molecule has 158 valence electrons. The quantitative estimate of drug-likeness (QED) is 0.603. The Morgan fingerprint density at radius 2 is 1.77 bits per heavy atom. The average Bonchev–Trinajstić information content (AvgIpc) is 3.37. The number of hydrogen-bond donors (Lipinski definition) is 2. The molecule has 2 aromatic carbocycles. The van der Waals surface area contributed by atoms with Gasteiger partial charge in [-0.05, 0) is 69.2 Å². The number of anilines is 2. The van der Waals surface area contributed by atoms with Crippen molar-refractivity contribution in [3.8, 4) is 0 Å². The first-order valence-electron chi connectivity index (χ1n) is 9.88. The summed E-state index contributed by atoms with van der Waals surface area (Å²) in [7, 11) is -3.45. The van der Waals surface area contributed by atoms with E-state index in [0.717, 1.165) is 33.8 Å². The van der Waals surface area contributed by atoms with Crippen molar-refractivity contribution in [2.45, 2.75) is 37.6 Å². The summed E-state index contributed by atoms with van der Waals surface area (Å²) in [6.07, 6.45) is 1.79. The minimum Gasteiger partial charge on any atom is -0.374 e. The molecule has 2 N–H and O–H groups in total. The van der Waals surface area contributed by atoms with Crippen LogP contribution >= 0.6 is 11.3 Å². The Labute approximate surface area is 180 Å². The molecule has 1 fully saturated rings. The lowest BCUT2D eigenvalue weighted by molar-refractivity contribution is -0.116. The second-order valence-corrected chi connectivity index (χ2v) is 10.6. The van der Waals surface area contributed by atoms with Gasteiger partial charge in [-0.1, -0.05) is 0 Å². The lowest BCUT2D eigenvalue weighted by atomic mass is 10.2. The largest absolute Gasteiger partial charge is 0.374 e. The number of nitrogens with zero attached hydrogens (tertiary/aromatic N) is 2. The van der Waals surface area contributed by atoms with E-state index in [1.54, 1.807) is 42.5 Å². The fourth-order valence-electron chi connectivity index (χ4n) is 3.48. The lowest BCUT2D eigenvalue weighted by Gasteiger charge is -2.17. The zero-order chi connectivity index (χ0) is 21.3. The number of aromatic nitrogens is 1. The first kappa shape index (κ1) is 20.8. The number of rotatable bonds is 6. The second kappa shape index (κ2) is 8.33. The van der Waals surface area contributed by atoms with Gasteiger partial charge in [0.2, 0.25) is 15.9 Å². The minimum atomic E-state index is -3.45. The summed E-state index contributed by atoms with van der Waals surface area (Å²) in [6.45, 7) is 4.88. The summed E-state index contributed by atoms with van der Waals surface area (Å²) >= 11 is 1.61. The van der Waals surface area contributed by atoms with Gasteiger partial charge < -0.3 is 10.6 Å². The molecule has 0 saturated carbocycles. The predicted octanol–water partition coefficient (Wildman–Crippen LogP) is 3.83. The zero-order valence-corrected chi connectivity index (χ0v) is 18.5. The molecule has 0 aliphatic carbocycles. The first-order chi connectivity index (χ1) is 14.3. The molecule has 2 heterocycles. The van der Waals surface area contributed by atoms with Crippen molar-refractivity contribution in [2.75, 3.05) is 23.7 Å². The van der Waals surface area contributed by atoms with E-state index in [0.29, 0.717) is 18.8 Å². The van der Waals surface area contributed by atoms with E-state index >= 15 is 0 Å². The molecule has 0 radical (unpaired) electrons. The molecule has 1 saturated heterocycles. The molecule has 3 aromatic rings. The molecule has 1 aliphatic rings. The molecule has 9 heteroatoms. The fraction of sp³-hybridized carbons (Fsp3) is 0.333. The molecular formula is C21H24N4O3S2. The van der Waals surface area contributed by atoms with Crippen LogP contribution in [0.3, 0.4) is 0 Å². The Balaban J connectivity index is 1.40. The van der Waals surface area contributed by atoms with Crippen LogP contribution < -0.4 is 10.6 Å². The SMILES string of the molecule is Cc1nc2ccc(N[C@@H](C)C(=O)Nc3ccc(S(=O)(=O)N4CCCC4)cc3)cc2s1. The van der Waals surface area contributed by atoms with Crippen LogP contribution in [-0.2, 0) is 14.8 Å². The average molecular weight is 445 g/mol. The molecule has 1 aromatic heterocycles. The van der Waals surface area contributed by atoms with Crippen LogP contribution in [0, 0.1) is 6.92 Å².